The number of para-hydroxylation sites is 1. The van der Waals surface area contributed by atoms with Crippen molar-refractivity contribution >= 4 is 21.7 Å². The average molecular weight is 317 g/mol. The van der Waals surface area contributed by atoms with Crippen molar-refractivity contribution in [2.45, 2.75) is 11.3 Å². The Kier molecular flexibility index (Phi) is 3.62. The van der Waals surface area contributed by atoms with Gasteiger partial charge in [-0.05, 0) is 30.2 Å². The fraction of sp³-hybridized carbons (Fsp3) is 0.188. The average Bonchev–Trinajstić information content (AvgIpc) is 2.99. The van der Waals surface area contributed by atoms with Gasteiger partial charge in [-0.2, -0.15) is 0 Å². The summed E-state index contributed by atoms with van der Waals surface area (Å²) in [6.45, 7) is 0.372. The zero-order chi connectivity index (χ0) is 15.7. The highest BCUT2D eigenvalue weighted by molar-refractivity contribution is 7.93. The zero-order valence-corrected chi connectivity index (χ0v) is 12.8. The van der Waals surface area contributed by atoms with Crippen molar-refractivity contribution in [3.63, 3.8) is 0 Å². The summed E-state index contributed by atoms with van der Waals surface area (Å²) in [6, 6.07) is 13.5. The second kappa shape index (κ2) is 5.46. The van der Waals surface area contributed by atoms with Gasteiger partial charge < -0.3 is 4.74 Å². The summed E-state index contributed by atoms with van der Waals surface area (Å²) in [4.78, 5) is 11.8. The molecule has 0 bridgehead atoms. The predicted molar refractivity (Wildman–Crippen MR) is 82.5 cm³/mol. The van der Waals surface area contributed by atoms with Crippen LogP contribution in [0.5, 0.6) is 0 Å². The number of sulfonamides is 1. The van der Waals surface area contributed by atoms with Gasteiger partial charge in [0.15, 0.2) is 0 Å². The van der Waals surface area contributed by atoms with Gasteiger partial charge in [-0.3, -0.25) is 4.31 Å². The SMILES string of the molecule is COC(=O)c1ccccc1S(=O)(=O)N1CCc2ccccc21. The Hall–Kier alpha value is -2.34. The highest BCUT2D eigenvalue weighted by Gasteiger charge is 2.33. The highest BCUT2D eigenvalue weighted by atomic mass is 32.2. The molecule has 6 heteroatoms. The van der Waals surface area contributed by atoms with Gasteiger partial charge in [0.2, 0.25) is 0 Å². The summed E-state index contributed by atoms with van der Waals surface area (Å²) in [5.74, 6) is -0.661. The smallest absolute Gasteiger partial charge is 0.339 e. The molecule has 1 aliphatic rings. The number of carbonyl (C=O) groups is 1. The van der Waals surface area contributed by atoms with E-state index in [0.29, 0.717) is 18.7 Å². The number of benzene rings is 2. The van der Waals surface area contributed by atoms with Crippen LogP contribution in [0.2, 0.25) is 0 Å². The molecule has 0 saturated heterocycles. The summed E-state index contributed by atoms with van der Waals surface area (Å²) >= 11 is 0. The number of fused-ring (bicyclic) bond motifs is 1. The molecule has 114 valence electrons. The first-order chi connectivity index (χ1) is 10.6. The van der Waals surface area contributed by atoms with Gasteiger partial charge in [0.25, 0.3) is 10.0 Å². The summed E-state index contributed by atoms with van der Waals surface area (Å²) in [6.07, 6.45) is 0.662. The molecule has 0 atom stereocenters. The van der Waals surface area contributed by atoms with Crippen LogP contribution in [0.15, 0.2) is 53.4 Å². The van der Waals surface area contributed by atoms with Crippen LogP contribution in [0, 0.1) is 0 Å². The van der Waals surface area contributed by atoms with Gasteiger partial charge in [-0.25, -0.2) is 13.2 Å². The quantitative estimate of drug-likeness (QED) is 0.814. The first-order valence-corrected chi connectivity index (χ1v) is 8.27. The van der Waals surface area contributed by atoms with E-state index in [1.807, 2.05) is 12.1 Å². The number of carbonyl (C=O) groups excluding carboxylic acids is 1. The van der Waals surface area contributed by atoms with Crippen molar-refractivity contribution in [1.82, 2.24) is 0 Å². The highest BCUT2D eigenvalue weighted by Crippen LogP contribution is 2.33. The largest absolute Gasteiger partial charge is 0.465 e. The molecule has 0 amide bonds. The van der Waals surface area contributed by atoms with Crippen LogP contribution in [0.4, 0.5) is 5.69 Å². The second-order valence-electron chi connectivity index (χ2n) is 4.94. The summed E-state index contributed by atoms with van der Waals surface area (Å²) in [7, 11) is -2.57. The number of hydrogen-bond acceptors (Lipinski definition) is 4. The lowest BCUT2D eigenvalue weighted by Crippen LogP contribution is -2.30. The van der Waals surface area contributed by atoms with Gasteiger partial charge in [0.05, 0.1) is 18.4 Å². The van der Waals surface area contributed by atoms with Gasteiger partial charge in [0, 0.05) is 6.54 Å². The maximum Gasteiger partial charge on any atom is 0.339 e. The minimum Gasteiger partial charge on any atom is -0.465 e. The Labute approximate surface area is 129 Å². The van der Waals surface area contributed by atoms with Gasteiger partial charge in [-0.1, -0.05) is 30.3 Å². The molecule has 0 fully saturated rings. The number of rotatable bonds is 3. The van der Waals surface area contributed by atoms with Crippen molar-refractivity contribution in [2.24, 2.45) is 0 Å². The second-order valence-corrected chi connectivity index (χ2v) is 6.77. The van der Waals surface area contributed by atoms with Crippen LogP contribution in [0.1, 0.15) is 15.9 Å². The van der Waals surface area contributed by atoms with Crippen molar-refractivity contribution in [1.29, 1.82) is 0 Å². The molecular weight excluding hydrogens is 302 g/mol. The van der Waals surface area contributed by atoms with Crippen LogP contribution in [0.25, 0.3) is 0 Å². The number of anilines is 1. The number of ether oxygens (including phenoxy) is 1. The van der Waals surface area contributed by atoms with Crippen molar-refractivity contribution in [3.8, 4) is 0 Å². The normalized spacial score (nSPS) is 13.8. The number of esters is 1. The summed E-state index contributed by atoms with van der Waals surface area (Å²) < 4.78 is 31.9. The van der Waals surface area contributed by atoms with E-state index in [9.17, 15) is 13.2 Å². The third-order valence-corrected chi connectivity index (χ3v) is 5.58. The number of hydrogen-bond donors (Lipinski definition) is 0. The van der Waals surface area contributed by atoms with Crippen LogP contribution in [-0.2, 0) is 21.2 Å². The summed E-state index contributed by atoms with van der Waals surface area (Å²) in [5.41, 5.74) is 1.71. The Morgan fingerprint density at radius 3 is 2.55 bits per heavy atom. The number of methoxy groups -OCH3 is 1. The molecule has 0 N–H and O–H groups in total. The van der Waals surface area contributed by atoms with Crippen LogP contribution in [-0.4, -0.2) is 28.0 Å². The van der Waals surface area contributed by atoms with Crippen molar-refractivity contribution in [3.05, 3.63) is 59.7 Å². The van der Waals surface area contributed by atoms with E-state index in [1.165, 1.54) is 23.5 Å². The Morgan fingerprint density at radius 1 is 1.09 bits per heavy atom. The Balaban J connectivity index is 2.11. The lowest BCUT2D eigenvalue weighted by molar-refractivity contribution is 0.0596. The summed E-state index contributed by atoms with van der Waals surface area (Å²) in [5, 5.41) is 0. The molecule has 22 heavy (non-hydrogen) atoms. The van der Waals surface area contributed by atoms with Crippen LogP contribution in [0.3, 0.4) is 0 Å². The first kappa shape index (κ1) is 14.6. The molecule has 1 heterocycles. The Bertz CT molecular complexity index is 830. The number of nitrogens with zero attached hydrogens (tertiary/aromatic N) is 1. The van der Waals surface area contributed by atoms with Crippen LogP contribution >= 0.6 is 0 Å². The first-order valence-electron chi connectivity index (χ1n) is 6.83. The lowest BCUT2D eigenvalue weighted by Gasteiger charge is -2.20. The molecule has 0 spiro atoms. The standard InChI is InChI=1S/C16H15NO4S/c1-21-16(18)13-7-3-5-9-15(13)22(19,20)17-11-10-12-6-2-4-8-14(12)17/h2-9H,10-11H2,1H3. The maximum atomic E-state index is 13.0. The van der Waals surface area contributed by atoms with Gasteiger partial charge >= 0.3 is 5.97 Å². The zero-order valence-electron chi connectivity index (χ0n) is 12.0. The molecule has 2 aromatic carbocycles. The third kappa shape index (κ3) is 2.25. The molecule has 1 aliphatic heterocycles. The molecule has 0 radical (unpaired) electrons. The molecule has 5 nitrogen and oxygen atoms in total. The lowest BCUT2D eigenvalue weighted by atomic mass is 10.2. The predicted octanol–water partition coefficient (Wildman–Crippen LogP) is 2.22. The van der Waals surface area contributed by atoms with Crippen molar-refractivity contribution in [2.75, 3.05) is 18.0 Å². The van der Waals surface area contributed by atoms with E-state index < -0.39 is 16.0 Å². The van der Waals surface area contributed by atoms with E-state index in [4.69, 9.17) is 0 Å². The topological polar surface area (TPSA) is 63.7 Å². The van der Waals surface area contributed by atoms with E-state index in [-0.39, 0.29) is 10.5 Å². The van der Waals surface area contributed by atoms with E-state index in [2.05, 4.69) is 4.74 Å². The van der Waals surface area contributed by atoms with E-state index in [0.717, 1.165) is 5.56 Å². The molecule has 0 unspecified atom stereocenters. The maximum absolute atomic E-state index is 13.0. The molecule has 3 rings (SSSR count). The molecule has 2 aromatic rings. The fourth-order valence-electron chi connectivity index (χ4n) is 2.65. The molecule has 0 aromatic heterocycles. The minimum absolute atomic E-state index is 0.0291. The third-order valence-electron chi connectivity index (χ3n) is 3.70. The van der Waals surface area contributed by atoms with Gasteiger partial charge in [0.1, 0.15) is 4.90 Å². The molecular formula is C16H15NO4S. The molecule has 0 saturated carbocycles. The van der Waals surface area contributed by atoms with E-state index >= 15 is 0 Å². The van der Waals surface area contributed by atoms with E-state index in [1.54, 1.807) is 24.3 Å². The van der Waals surface area contributed by atoms with Gasteiger partial charge in [-0.15, -0.1) is 0 Å². The van der Waals surface area contributed by atoms with Crippen LogP contribution < -0.4 is 4.31 Å². The molecule has 0 aliphatic carbocycles. The van der Waals surface area contributed by atoms with Crippen molar-refractivity contribution < 1.29 is 17.9 Å². The Morgan fingerprint density at radius 2 is 1.77 bits per heavy atom. The minimum atomic E-state index is -3.81. The fourth-order valence-corrected chi connectivity index (χ4v) is 4.33. The monoisotopic (exact) mass is 317 g/mol.